The third-order valence-electron chi connectivity index (χ3n) is 2.02. The quantitative estimate of drug-likeness (QED) is 0.552. The molecule has 56 valence electrons. The zero-order valence-electron chi connectivity index (χ0n) is 6.29. The summed E-state index contributed by atoms with van der Waals surface area (Å²) >= 11 is 0. The van der Waals surface area contributed by atoms with Gasteiger partial charge in [-0.3, -0.25) is 0 Å². The van der Waals surface area contributed by atoms with Crippen molar-refractivity contribution < 1.29 is 4.74 Å². The van der Waals surface area contributed by atoms with Gasteiger partial charge in [-0.15, -0.1) is 6.58 Å². The molecule has 1 heteroatoms. The molecule has 0 radical (unpaired) electrons. The summed E-state index contributed by atoms with van der Waals surface area (Å²) in [4.78, 5) is 0. The SMILES string of the molecule is C=CC1COc2ccccc21. The fraction of sp³-hybridized carbons (Fsp3) is 0.200. The summed E-state index contributed by atoms with van der Waals surface area (Å²) in [5.74, 6) is 1.41. The molecule has 1 aromatic carbocycles. The maximum Gasteiger partial charge on any atom is 0.123 e. The second-order valence-corrected chi connectivity index (χ2v) is 2.69. The van der Waals surface area contributed by atoms with Crippen LogP contribution in [0.5, 0.6) is 5.75 Å². The van der Waals surface area contributed by atoms with Crippen molar-refractivity contribution in [2.45, 2.75) is 5.92 Å². The first-order valence-corrected chi connectivity index (χ1v) is 3.76. The molecular weight excluding hydrogens is 136 g/mol. The third kappa shape index (κ3) is 0.929. The fourth-order valence-electron chi connectivity index (χ4n) is 1.38. The lowest BCUT2D eigenvalue weighted by Gasteiger charge is -1.98. The van der Waals surface area contributed by atoms with Gasteiger partial charge in [0.15, 0.2) is 0 Å². The Labute approximate surface area is 66.3 Å². The van der Waals surface area contributed by atoms with Gasteiger partial charge in [-0.05, 0) is 6.07 Å². The molecule has 1 unspecified atom stereocenters. The zero-order chi connectivity index (χ0) is 7.68. The van der Waals surface area contributed by atoms with Gasteiger partial charge >= 0.3 is 0 Å². The summed E-state index contributed by atoms with van der Waals surface area (Å²) in [5, 5.41) is 0. The summed E-state index contributed by atoms with van der Waals surface area (Å²) < 4.78 is 5.43. The molecule has 0 amide bonds. The number of hydrogen-bond donors (Lipinski definition) is 0. The van der Waals surface area contributed by atoms with Gasteiger partial charge in [0.25, 0.3) is 0 Å². The van der Waals surface area contributed by atoms with Crippen molar-refractivity contribution in [3.05, 3.63) is 42.5 Å². The Balaban J connectivity index is 2.46. The maximum absolute atomic E-state index is 5.43. The van der Waals surface area contributed by atoms with Crippen LogP contribution in [-0.4, -0.2) is 6.61 Å². The lowest BCUT2D eigenvalue weighted by Crippen LogP contribution is -1.94. The number of hydrogen-bond acceptors (Lipinski definition) is 1. The second kappa shape index (κ2) is 2.42. The normalized spacial score (nSPS) is 20.5. The summed E-state index contributed by atoms with van der Waals surface area (Å²) in [5.41, 5.74) is 1.27. The topological polar surface area (TPSA) is 9.23 Å². The number of benzene rings is 1. The molecule has 1 aromatic rings. The van der Waals surface area contributed by atoms with Crippen molar-refractivity contribution >= 4 is 0 Å². The predicted octanol–water partition coefficient (Wildman–Crippen LogP) is 2.35. The standard InChI is InChI=1S/C10H10O/c1-2-8-7-11-10-6-4-3-5-9(8)10/h2-6,8H,1,7H2. The maximum atomic E-state index is 5.43. The van der Waals surface area contributed by atoms with E-state index in [4.69, 9.17) is 4.74 Å². The average molecular weight is 146 g/mol. The molecule has 0 aromatic heterocycles. The van der Waals surface area contributed by atoms with Crippen LogP contribution in [0.2, 0.25) is 0 Å². The van der Waals surface area contributed by atoms with Gasteiger partial charge in [0.1, 0.15) is 5.75 Å². The molecule has 0 saturated heterocycles. The van der Waals surface area contributed by atoms with Gasteiger partial charge < -0.3 is 4.74 Å². The second-order valence-electron chi connectivity index (χ2n) is 2.69. The van der Waals surface area contributed by atoms with Crippen LogP contribution < -0.4 is 4.74 Å². The average Bonchev–Trinajstić information content (AvgIpc) is 2.47. The Bertz CT molecular complexity index is 278. The van der Waals surface area contributed by atoms with Crippen LogP contribution >= 0.6 is 0 Å². The van der Waals surface area contributed by atoms with Crippen LogP contribution in [-0.2, 0) is 0 Å². The molecule has 0 saturated carbocycles. The van der Waals surface area contributed by atoms with E-state index in [0.29, 0.717) is 5.92 Å². The first-order chi connectivity index (χ1) is 5.42. The molecule has 0 aliphatic carbocycles. The van der Waals surface area contributed by atoms with Gasteiger partial charge in [0.2, 0.25) is 0 Å². The van der Waals surface area contributed by atoms with Gasteiger partial charge in [0.05, 0.1) is 6.61 Å². The number of para-hydroxylation sites is 1. The van der Waals surface area contributed by atoms with E-state index in [0.717, 1.165) is 12.4 Å². The van der Waals surface area contributed by atoms with Gasteiger partial charge in [0, 0.05) is 11.5 Å². The van der Waals surface area contributed by atoms with Crippen molar-refractivity contribution in [3.63, 3.8) is 0 Å². The lowest BCUT2D eigenvalue weighted by atomic mass is 10.0. The zero-order valence-corrected chi connectivity index (χ0v) is 6.29. The minimum atomic E-state index is 0.395. The Kier molecular flexibility index (Phi) is 1.42. The predicted molar refractivity (Wildman–Crippen MR) is 44.9 cm³/mol. The van der Waals surface area contributed by atoms with Crippen molar-refractivity contribution in [3.8, 4) is 5.75 Å². The van der Waals surface area contributed by atoms with E-state index in [2.05, 4.69) is 12.6 Å². The fourth-order valence-corrected chi connectivity index (χ4v) is 1.38. The van der Waals surface area contributed by atoms with E-state index in [1.807, 2.05) is 24.3 Å². The molecule has 11 heavy (non-hydrogen) atoms. The highest BCUT2D eigenvalue weighted by atomic mass is 16.5. The first-order valence-electron chi connectivity index (χ1n) is 3.76. The van der Waals surface area contributed by atoms with E-state index >= 15 is 0 Å². The van der Waals surface area contributed by atoms with Crippen LogP contribution in [0.4, 0.5) is 0 Å². The van der Waals surface area contributed by atoms with Gasteiger partial charge in [-0.2, -0.15) is 0 Å². The smallest absolute Gasteiger partial charge is 0.123 e. The van der Waals surface area contributed by atoms with E-state index in [-0.39, 0.29) is 0 Å². The lowest BCUT2D eigenvalue weighted by molar-refractivity contribution is 0.345. The summed E-state index contributed by atoms with van der Waals surface area (Å²) in [7, 11) is 0. The van der Waals surface area contributed by atoms with Gasteiger partial charge in [-0.1, -0.05) is 24.3 Å². The van der Waals surface area contributed by atoms with E-state index in [1.54, 1.807) is 0 Å². The molecule has 2 rings (SSSR count). The summed E-state index contributed by atoms with van der Waals surface area (Å²) in [6.45, 7) is 4.51. The summed E-state index contributed by atoms with van der Waals surface area (Å²) in [6.07, 6.45) is 1.94. The first kappa shape index (κ1) is 6.47. The van der Waals surface area contributed by atoms with Crippen LogP contribution in [0.25, 0.3) is 0 Å². The monoisotopic (exact) mass is 146 g/mol. The molecule has 0 N–H and O–H groups in total. The van der Waals surface area contributed by atoms with Crippen molar-refractivity contribution in [1.29, 1.82) is 0 Å². The number of rotatable bonds is 1. The molecule has 1 aliphatic heterocycles. The molecular formula is C10H10O. The molecule has 1 nitrogen and oxygen atoms in total. The molecule has 1 heterocycles. The molecule has 0 fully saturated rings. The Morgan fingerprint density at radius 3 is 3.09 bits per heavy atom. The van der Waals surface area contributed by atoms with E-state index < -0.39 is 0 Å². The van der Waals surface area contributed by atoms with E-state index in [9.17, 15) is 0 Å². The highest BCUT2D eigenvalue weighted by Gasteiger charge is 2.19. The molecule has 1 aliphatic rings. The minimum Gasteiger partial charge on any atom is -0.492 e. The number of ether oxygens (including phenoxy) is 1. The Morgan fingerprint density at radius 2 is 2.27 bits per heavy atom. The van der Waals surface area contributed by atoms with Crippen molar-refractivity contribution in [1.82, 2.24) is 0 Å². The van der Waals surface area contributed by atoms with Gasteiger partial charge in [-0.25, -0.2) is 0 Å². The minimum absolute atomic E-state index is 0.395. The largest absolute Gasteiger partial charge is 0.492 e. The van der Waals surface area contributed by atoms with Crippen LogP contribution in [0, 0.1) is 0 Å². The van der Waals surface area contributed by atoms with Crippen molar-refractivity contribution in [2.75, 3.05) is 6.61 Å². The molecule has 0 bridgehead atoms. The third-order valence-corrected chi connectivity index (χ3v) is 2.02. The van der Waals surface area contributed by atoms with Crippen molar-refractivity contribution in [2.24, 2.45) is 0 Å². The number of fused-ring (bicyclic) bond motifs is 1. The Morgan fingerprint density at radius 1 is 1.45 bits per heavy atom. The van der Waals surface area contributed by atoms with E-state index in [1.165, 1.54) is 5.56 Å². The molecule has 0 spiro atoms. The Hall–Kier alpha value is -1.24. The highest BCUT2D eigenvalue weighted by molar-refractivity contribution is 5.41. The summed E-state index contributed by atoms with van der Waals surface area (Å²) in [6, 6.07) is 8.11. The van der Waals surface area contributed by atoms with Crippen LogP contribution in [0.1, 0.15) is 11.5 Å². The van der Waals surface area contributed by atoms with Crippen LogP contribution in [0.15, 0.2) is 36.9 Å². The van der Waals surface area contributed by atoms with Crippen LogP contribution in [0.3, 0.4) is 0 Å². The molecule has 1 atom stereocenters. The highest BCUT2D eigenvalue weighted by Crippen LogP contribution is 2.33.